The molecule has 0 bridgehead atoms. The molecule has 0 saturated heterocycles. The molecule has 8 atom stereocenters. The van der Waals surface area contributed by atoms with E-state index in [1.54, 1.807) is 0 Å². The summed E-state index contributed by atoms with van der Waals surface area (Å²) in [6.45, 7) is 0.130. The average molecular weight is 1320 g/mol. The maximum absolute atomic E-state index is 2.65. The fraction of sp³-hybridized carbons (Fsp3) is 1.00. The van der Waals surface area contributed by atoms with Crippen molar-refractivity contribution in [2.24, 2.45) is 0 Å². The van der Waals surface area contributed by atoms with Crippen LogP contribution >= 0.6 is 87.3 Å². The predicted molar refractivity (Wildman–Crippen MR) is 508 cm³/mol. The summed E-state index contributed by atoms with van der Waals surface area (Å²) >= 11 is 0. The molecular formula is C60H264N2P10. The maximum Gasteiger partial charge on any atom is -0.0500 e. The Kier molecular flexibility index (Phi) is 352000. The molecule has 0 radical (unpaired) electrons. The highest BCUT2D eigenvalue weighted by molar-refractivity contribution is 8.65. The minimum atomic E-state index is 0. The summed E-state index contributed by atoms with van der Waals surface area (Å²) in [5.41, 5.74) is 0. The molecule has 0 heterocycles. The second-order valence-electron chi connectivity index (χ2n) is 0.614. The molecule has 0 aliphatic carbocycles. The molecule has 12 heteroatoms. The summed E-state index contributed by atoms with van der Waals surface area (Å²) in [5.74, 6) is 0. The third-order valence-corrected chi connectivity index (χ3v) is 0. The van der Waals surface area contributed by atoms with E-state index in [0.717, 1.165) is 7.96 Å². The number of hydrogen-bond acceptors (Lipinski definition) is 2. The van der Waals surface area contributed by atoms with Gasteiger partial charge in [-0.05, 0) is 6.99 Å². The van der Waals surface area contributed by atoms with E-state index in [2.05, 4.69) is 62.5 Å². The molecule has 72 heavy (non-hydrogen) atoms. The van der Waals surface area contributed by atoms with Gasteiger partial charge in [-0.1, -0.05) is 454 Å². The Morgan fingerprint density at radius 1 is 0.153 bits per heavy atom. The Balaban J connectivity index is -0.0000000000819. The highest BCUT2D eigenvalue weighted by Gasteiger charge is 1.66. The van der Waals surface area contributed by atoms with Crippen molar-refractivity contribution < 1.29 is 0 Å². The van der Waals surface area contributed by atoms with E-state index < -0.39 is 0 Å². The molecule has 0 rings (SSSR count). The Labute approximate surface area is 542 Å². The van der Waals surface area contributed by atoms with Gasteiger partial charge in [-0.15, -0.1) is 62.5 Å². The first kappa shape index (κ1) is 4130. The fourth-order valence-corrected chi connectivity index (χ4v) is 0. The molecule has 8 unspecified atom stereocenters. The standard InChI is InChI=1S/60CH4.2H3N.H6P4.H5P3.H4P2.H3P/c;;;;;;;;;;;;;;;;;;;;;;;;;;;;;;;;;;;;;;;;;;;;;;;;;;;;;;;;;;;;;;1-4(2)3;1-3-2;1-2;/h60*1H4;2*1H3;1-3H2;3H,1-2H2;1-2H2;1H3. The van der Waals surface area contributed by atoms with Crippen molar-refractivity contribution in [3.05, 3.63) is 0 Å². The van der Waals surface area contributed by atoms with Gasteiger partial charge in [-0.3, -0.25) is 0 Å². The predicted octanol–water partition coefficient (Wildman–Crippen LogP) is 42.3. The lowest BCUT2D eigenvalue weighted by Crippen LogP contribution is -0.870. The van der Waals surface area contributed by atoms with E-state index in [4.69, 9.17) is 0 Å². The van der Waals surface area contributed by atoms with Crippen LogP contribution in [0.5, 0.6) is 0 Å². The van der Waals surface area contributed by atoms with Gasteiger partial charge in [0.1, 0.15) is 0 Å². The molecule has 0 saturated carbocycles. The minimum absolute atomic E-state index is 0. The van der Waals surface area contributed by atoms with Crippen LogP contribution in [0.15, 0.2) is 0 Å². The van der Waals surface area contributed by atoms with Crippen molar-refractivity contribution in [1.29, 1.82) is 0 Å². The largest absolute Gasteiger partial charge is 0.344 e. The zero-order chi connectivity index (χ0) is 8.28. The van der Waals surface area contributed by atoms with Gasteiger partial charge >= 0.3 is 0 Å². The minimum Gasteiger partial charge on any atom is -0.344 e. The van der Waals surface area contributed by atoms with Crippen LogP contribution < -0.4 is 12.3 Å². The zero-order valence-electron chi connectivity index (χ0n) is 7.11. The summed E-state index contributed by atoms with van der Waals surface area (Å²) in [5, 5.41) is 0. The van der Waals surface area contributed by atoms with Crippen molar-refractivity contribution in [1.82, 2.24) is 12.3 Å². The van der Waals surface area contributed by atoms with E-state index in [0.29, 0.717) is 0 Å². The first-order chi connectivity index (χ1) is 4.15. The van der Waals surface area contributed by atoms with Crippen LogP contribution in [0.4, 0.5) is 0 Å². The highest BCUT2D eigenvalue weighted by Crippen LogP contribution is 2.59. The number of hydrogen-bond donors (Lipinski definition) is 2. The normalized spacial score (nSPS) is 0.833. The van der Waals surface area contributed by atoms with E-state index in [9.17, 15) is 0 Å². The lowest BCUT2D eigenvalue weighted by molar-refractivity contribution is 2.13. The van der Waals surface area contributed by atoms with Crippen LogP contribution in [0.25, 0.3) is 0 Å². The van der Waals surface area contributed by atoms with E-state index in [-0.39, 0.29) is 475 Å². The Morgan fingerprint density at radius 2 is 0.153 bits per heavy atom. The quantitative estimate of drug-likeness (QED) is 0.237. The lowest BCUT2D eigenvalue weighted by atomic mass is 12.0. The molecule has 0 aliphatic heterocycles. The van der Waals surface area contributed by atoms with E-state index >= 15 is 0 Å². The number of rotatable bonds is 0. The van der Waals surface area contributed by atoms with Crippen LogP contribution in [-0.2, 0) is 0 Å². The molecule has 0 aromatic rings. The second-order valence-corrected chi connectivity index (χ2v) is 16.6. The van der Waals surface area contributed by atoms with Crippen LogP contribution in [0, 0.1) is 0 Å². The molecule has 0 amide bonds. The molecule has 564 valence electrons. The summed E-state index contributed by atoms with van der Waals surface area (Å²) in [4.78, 5) is 0. The molecule has 0 fully saturated rings. The van der Waals surface area contributed by atoms with Gasteiger partial charge in [0.15, 0.2) is 0 Å². The summed E-state index contributed by atoms with van der Waals surface area (Å²) < 4.78 is 0. The third kappa shape index (κ3) is 22300. The summed E-state index contributed by atoms with van der Waals surface area (Å²) in [7, 11) is 18.7. The van der Waals surface area contributed by atoms with Gasteiger partial charge < -0.3 is 12.3 Å². The summed E-state index contributed by atoms with van der Waals surface area (Å²) in [6.07, 6.45) is 0. The zero-order valence-corrected chi connectivity index (χ0v) is 18.5. The van der Waals surface area contributed by atoms with E-state index in [1.165, 1.54) is 0 Å². The van der Waals surface area contributed by atoms with Gasteiger partial charge in [0.05, 0.1) is 0 Å². The monoisotopic (exact) mass is 1320 g/mol. The van der Waals surface area contributed by atoms with Gasteiger partial charge in [-0.25, -0.2) is 0 Å². The van der Waals surface area contributed by atoms with Crippen molar-refractivity contribution in [2.75, 3.05) is 0 Å². The van der Waals surface area contributed by atoms with Crippen LogP contribution in [0.2, 0.25) is 0 Å². The van der Waals surface area contributed by atoms with Gasteiger partial charge in [0, 0.05) is 0 Å². The Morgan fingerprint density at radius 3 is 0.153 bits per heavy atom. The molecule has 0 spiro atoms. The van der Waals surface area contributed by atoms with Crippen molar-refractivity contribution in [2.45, 2.75) is 446 Å². The van der Waals surface area contributed by atoms with Crippen LogP contribution in [0.3, 0.4) is 0 Å². The molecule has 6 N–H and O–H groups in total. The second kappa shape index (κ2) is 6130. The van der Waals surface area contributed by atoms with Crippen molar-refractivity contribution in [3.63, 3.8) is 0 Å². The molecular weight excluding hydrogens is 1060 g/mol. The molecule has 2 nitrogen and oxygen atoms in total. The van der Waals surface area contributed by atoms with Crippen molar-refractivity contribution >= 4 is 87.3 Å². The first-order valence-electron chi connectivity index (χ1n) is 1.69. The third-order valence-electron chi connectivity index (χ3n) is 0. The van der Waals surface area contributed by atoms with Crippen LogP contribution in [0.1, 0.15) is 446 Å². The smallest absolute Gasteiger partial charge is 0.0500 e. The SMILES string of the molecule is C.C.C.C.C.C.C.C.C.C.C.C.C.C.C.C.C.C.C.C.C.C.C.C.C.C.C.C.C.C.C.C.C.C.C.C.C.C.C.C.C.C.C.C.C.C.C.C.C.C.C.C.C.C.C.C.C.C.C.C.N.N.P.PP.PP(P)P.PPP. The van der Waals surface area contributed by atoms with E-state index in [1.807, 2.05) is 0 Å². The molecule has 0 aromatic heterocycles. The first-order valence-corrected chi connectivity index (χ1v) is 15.2. The van der Waals surface area contributed by atoms with Crippen LogP contribution in [-0.4, -0.2) is 0 Å². The van der Waals surface area contributed by atoms with Gasteiger partial charge in [0.2, 0.25) is 0 Å². The Bertz CT molecular complexity index is 65.8. The Hall–Kier alpha value is 4.22. The highest BCUT2D eigenvalue weighted by atomic mass is 32.7. The average Bonchev–Trinajstić information content (AvgIpc) is 1.71. The van der Waals surface area contributed by atoms with Crippen molar-refractivity contribution in [3.8, 4) is 0 Å². The summed E-state index contributed by atoms with van der Waals surface area (Å²) in [6, 6.07) is 0. The maximum atomic E-state index is 2.65. The molecule has 0 aromatic carbocycles. The van der Waals surface area contributed by atoms with Gasteiger partial charge in [0.25, 0.3) is 0 Å². The lowest BCUT2D eigenvalue weighted by Gasteiger charge is -1.81. The topological polar surface area (TPSA) is 70.0 Å². The molecule has 0 aliphatic rings. The van der Waals surface area contributed by atoms with Gasteiger partial charge in [-0.2, -0.15) is 9.90 Å². The fourth-order valence-electron chi connectivity index (χ4n) is 0.